The van der Waals surface area contributed by atoms with Gasteiger partial charge in [-0.15, -0.1) is 0 Å². The van der Waals surface area contributed by atoms with E-state index in [0.717, 1.165) is 25.7 Å². The van der Waals surface area contributed by atoms with Gasteiger partial charge in [-0.1, -0.05) is 13.0 Å². The van der Waals surface area contributed by atoms with Crippen LogP contribution in [0.25, 0.3) is 0 Å². The summed E-state index contributed by atoms with van der Waals surface area (Å²) in [6, 6.07) is 5.01. The van der Waals surface area contributed by atoms with Crippen LogP contribution >= 0.6 is 0 Å². The maximum Gasteiger partial charge on any atom is 0.336 e. The van der Waals surface area contributed by atoms with Crippen LogP contribution < -0.4 is 5.32 Å². The van der Waals surface area contributed by atoms with E-state index in [1.54, 1.807) is 19.1 Å². The molecule has 1 aromatic carbocycles. The third kappa shape index (κ3) is 3.38. The molecule has 108 valence electrons. The molecule has 1 saturated carbocycles. The summed E-state index contributed by atoms with van der Waals surface area (Å²) >= 11 is 0. The number of benzene rings is 1. The first-order valence-electron chi connectivity index (χ1n) is 7.12. The maximum atomic E-state index is 12.2. The molecule has 4 nitrogen and oxygen atoms in total. The van der Waals surface area contributed by atoms with Crippen molar-refractivity contribution < 1.29 is 14.7 Å². The SMILES string of the molecule is Cc1ccc(NC(=O)C2CCC(C)CC2)cc1C(=O)O. The second-order valence-electron chi connectivity index (χ2n) is 5.78. The van der Waals surface area contributed by atoms with Crippen molar-refractivity contribution in [2.24, 2.45) is 11.8 Å². The van der Waals surface area contributed by atoms with Gasteiger partial charge < -0.3 is 10.4 Å². The molecule has 1 aromatic rings. The summed E-state index contributed by atoms with van der Waals surface area (Å²) in [6.07, 6.45) is 4.02. The normalized spacial score (nSPS) is 22.3. The highest BCUT2D eigenvalue weighted by atomic mass is 16.4. The van der Waals surface area contributed by atoms with Crippen molar-refractivity contribution in [1.82, 2.24) is 0 Å². The van der Waals surface area contributed by atoms with E-state index in [0.29, 0.717) is 17.2 Å². The molecule has 0 bridgehead atoms. The van der Waals surface area contributed by atoms with Crippen molar-refractivity contribution >= 4 is 17.6 Å². The zero-order valence-corrected chi connectivity index (χ0v) is 12.0. The van der Waals surface area contributed by atoms with E-state index in [-0.39, 0.29) is 17.4 Å². The Morgan fingerprint density at radius 2 is 1.85 bits per heavy atom. The van der Waals surface area contributed by atoms with Gasteiger partial charge in [-0.25, -0.2) is 4.79 Å². The van der Waals surface area contributed by atoms with Crippen LogP contribution in [0.15, 0.2) is 18.2 Å². The summed E-state index contributed by atoms with van der Waals surface area (Å²) in [5.74, 6) is -0.194. The molecule has 0 unspecified atom stereocenters. The summed E-state index contributed by atoms with van der Waals surface area (Å²) in [4.78, 5) is 23.3. The fraction of sp³-hybridized carbons (Fsp3) is 0.500. The van der Waals surface area contributed by atoms with Crippen molar-refractivity contribution in [1.29, 1.82) is 0 Å². The summed E-state index contributed by atoms with van der Waals surface area (Å²) in [6.45, 7) is 3.96. The number of carboxylic acid groups (broad SMARTS) is 1. The molecular weight excluding hydrogens is 254 g/mol. The van der Waals surface area contributed by atoms with Crippen LogP contribution in [0.3, 0.4) is 0 Å². The number of amides is 1. The standard InChI is InChI=1S/C16H21NO3/c1-10-3-6-12(7-4-10)15(18)17-13-8-5-11(2)14(9-13)16(19)20/h5,8-10,12H,3-4,6-7H2,1-2H3,(H,17,18)(H,19,20). The molecule has 4 heteroatoms. The largest absolute Gasteiger partial charge is 0.478 e. The minimum atomic E-state index is -0.968. The first-order valence-corrected chi connectivity index (χ1v) is 7.12. The lowest BCUT2D eigenvalue weighted by molar-refractivity contribution is -0.121. The van der Waals surface area contributed by atoms with Crippen molar-refractivity contribution in [3.8, 4) is 0 Å². The predicted molar refractivity (Wildman–Crippen MR) is 77.9 cm³/mol. The number of carboxylic acids is 1. The minimum Gasteiger partial charge on any atom is -0.478 e. The Kier molecular flexibility index (Phi) is 4.42. The average Bonchev–Trinajstić information content (AvgIpc) is 2.41. The molecule has 1 aliphatic carbocycles. The molecule has 0 saturated heterocycles. The molecule has 1 fully saturated rings. The Bertz CT molecular complexity index is 516. The summed E-state index contributed by atoms with van der Waals surface area (Å²) in [5, 5.41) is 11.9. The molecule has 0 aromatic heterocycles. The van der Waals surface area contributed by atoms with E-state index in [9.17, 15) is 9.59 Å². The smallest absolute Gasteiger partial charge is 0.336 e. The van der Waals surface area contributed by atoms with Gasteiger partial charge in [0.05, 0.1) is 5.56 Å². The van der Waals surface area contributed by atoms with Gasteiger partial charge in [-0.2, -0.15) is 0 Å². The Hall–Kier alpha value is -1.84. The second kappa shape index (κ2) is 6.07. The van der Waals surface area contributed by atoms with Gasteiger partial charge >= 0.3 is 5.97 Å². The Labute approximate surface area is 119 Å². The van der Waals surface area contributed by atoms with Crippen LogP contribution in [0, 0.1) is 18.8 Å². The molecule has 0 atom stereocenters. The predicted octanol–water partition coefficient (Wildman–Crippen LogP) is 3.46. The Morgan fingerprint density at radius 3 is 2.45 bits per heavy atom. The Balaban J connectivity index is 2.04. The summed E-state index contributed by atoms with van der Waals surface area (Å²) in [5.41, 5.74) is 1.50. The van der Waals surface area contributed by atoms with E-state index in [1.807, 2.05) is 0 Å². The maximum absolute atomic E-state index is 12.2. The number of aryl methyl sites for hydroxylation is 1. The number of carbonyl (C=O) groups is 2. The zero-order valence-electron chi connectivity index (χ0n) is 12.0. The highest BCUT2D eigenvalue weighted by Gasteiger charge is 2.24. The number of nitrogens with one attached hydrogen (secondary N) is 1. The first-order chi connectivity index (χ1) is 9.47. The van der Waals surface area contributed by atoms with Crippen molar-refractivity contribution in [2.45, 2.75) is 39.5 Å². The van der Waals surface area contributed by atoms with Crippen LogP contribution in [-0.4, -0.2) is 17.0 Å². The van der Waals surface area contributed by atoms with Crippen molar-refractivity contribution in [3.63, 3.8) is 0 Å². The van der Waals surface area contributed by atoms with E-state index >= 15 is 0 Å². The Morgan fingerprint density at radius 1 is 1.20 bits per heavy atom. The molecular formula is C16H21NO3. The summed E-state index contributed by atoms with van der Waals surface area (Å²) < 4.78 is 0. The molecule has 20 heavy (non-hydrogen) atoms. The molecule has 0 aliphatic heterocycles. The highest BCUT2D eigenvalue weighted by molar-refractivity contribution is 5.95. The molecule has 1 amide bonds. The minimum absolute atomic E-state index is 0.0112. The van der Waals surface area contributed by atoms with Crippen molar-refractivity contribution in [2.75, 3.05) is 5.32 Å². The number of hydrogen-bond acceptors (Lipinski definition) is 2. The number of carbonyl (C=O) groups excluding carboxylic acids is 1. The van der Waals surface area contributed by atoms with Crippen LogP contribution in [0.5, 0.6) is 0 Å². The number of aromatic carboxylic acids is 1. The van der Waals surface area contributed by atoms with Crippen LogP contribution in [0.2, 0.25) is 0 Å². The molecule has 0 radical (unpaired) electrons. The van der Waals surface area contributed by atoms with E-state index in [2.05, 4.69) is 12.2 Å². The monoisotopic (exact) mass is 275 g/mol. The fourth-order valence-electron chi connectivity index (χ4n) is 2.70. The van der Waals surface area contributed by atoms with E-state index in [1.165, 1.54) is 6.07 Å². The van der Waals surface area contributed by atoms with Crippen LogP contribution in [0.4, 0.5) is 5.69 Å². The third-order valence-corrected chi connectivity index (χ3v) is 4.12. The van der Waals surface area contributed by atoms with Gasteiger partial charge in [-0.05, 0) is 56.2 Å². The van der Waals surface area contributed by atoms with E-state index in [4.69, 9.17) is 5.11 Å². The molecule has 0 spiro atoms. The molecule has 2 N–H and O–H groups in total. The second-order valence-corrected chi connectivity index (χ2v) is 5.78. The first kappa shape index (κ1) is 14.6. The van der Waals surface area contributed by atoms with Gasteiger partial charge in [0.15, 0.2) is 0 Å². The number of anilines is 1. The van der Waals surface area contributed by atoms with Gasteiger partial charge in [0.1, 0.15) is 0 Å². The number of hydrogen-bond donors (Lipinski definition) is 2. The van der Waals surface area contributed by atoms with Gasteiger partial charge in [0.2, 0.25) is 5.91 Å². The van der Waals surface area contributed by atoms with Gasteiger partial charge in [0.25, 0.3) is 0 Å². The zero-order chi connectivity index (χ0) is 14.7. The molecule has 1 aliphatic rings. The van der Waals surface area contributed by atoms with Crippen LogP contribution in [-0.2, 0) is 4.79 Å². The van der Waals surface area contributed by atoms with Crippen LogP contribution in [0.1, 0.15) is 48.5 Å². The van der Waals surface area contributed by atoms with E-state index < -0.39 is 5.97 Å². The lowest BCUT2D eigenvalue weighted by Crippen LogP contribution is -2.26. The van der Waals surface area contributed by atoms with Gasteiger partial charge in [-0.3, -0.25) is 4.79 Å². The third-order valence-electron chi connectivity index (χ3n) is 4.12. The fourth-order valence-corrected chi connectivity index (χ4v) is 2.70. The van der Waals surface area contributed by atoms with Gasteiger partial charge in [0, 0.05) is 11.6 Å². The molecule has 0 heterocycles. The van der Waals surface area contributed by atoms with Crippen molar-refractivity contribution in [3.05, 3.63) is 29.3 Å². The number of rotatable bonds is 3. The summed E-state index contributed by atoms with van der Waals surface area (Å²) in [7, 11) is 0. The topological polar surface area (TPSA) is 66.4 Å². The lowest BCUT2D eigenvalue weighted by atomic mass is 9.82. The quantitative estimate of drug-likeness (QED) is 0.887. The highest BCUT2D eigenvalue weighted by Crippen LogP contribution is 2.29. The molecule has 2 rings (SSSR count). The average molecular weight is 275 g/mol. The lowest BCUT2D eigenvalue weighted by Gasteiger charge is -2.25.